The van der Waals surface area contributed by atoms with Crippen molar-refractivity contribution < 1.29 is 8.83 Å². The van der Waals surface area contributed by atoms with Gasteiger partial charge in [0.15, 0.2) is 17.5 Å². The van der Waals surface area contributed by atoms with Gasteiger partial charge in [-0.2, -0.15) is 0 Å². The largest absolute Gasteiger partial charge is 0.456 e. The lowest BCUT2D eigenvalue weighted by atomic mass is 9.95. The molecule has 0 spiro atoms. The highest BCUT2D eigenvalue weighted by Crippen LogP contribution is 2.41. The molecule has 62 heavy (non-hydrogen) atoms. The van der Waals surface area contributed by atoms with Crippen molar-refractivity contribution in [1.29, 1.82) is 0 Å². The van der Waals surface area contributed by atoms with Crippen molar-refractivity contribution >= 4 is 60.7 Å². The SMILES string of the molecule is C=Cc1cccc(-c2nc(-c3cc(-c4ccccc4)cc(-c4ccc5oc6cc7ccccc7cc6c5c4)c3)nc(-c3cccc4oc5ccc(-c6ccccc6)cc5c34)n2)c1. The van der Waals surface area contributed by atoms with Gasteiger partial charge in [-0.3, -0.25) is 0 Å². The van der Waals surface area contributed by atoms with Gasteiger partial charge in [0.1, 0.15) is 22.3 Å². The van der Waals surface area contributed by atoms with E-state index in [0.717, 1.165) is 105 Å². The zero-order valence-corrected chi connectivity index (χ0v) is 33.4. The molecule has 0 atom stereocenters. The van der Waals surface area contributed by atoms with Crippen molar-refractivity contribution in [2.45, 2.75) is 0 Å². The topological polar surface area (TPSA) is 65.0 Å². The van der Waals surface area contributed by atoms with Crippen LogP contribution in [0.25, 0.3) is 128 Å². The molecule has 0 amide bonds. The van der Waals surface area contributed by atoms with Crippen molar-refractivity contribution in [3.63, 3.8) is 0 Å². The van der Waals surface area contributed by atoms with E-state index in [1.165, 1.54) is 5.39 Å². The first-order valence-corrected chi connectivity index (χ1v) is 20.7. The van der Waals surface area contributed by atoms with Gasteiger partial charge in [0.25, 0.3) is 0 Å². The summed E-state index contributed by atoms with van der Waals surface area (Å²) in [4.78, 5) is 15.8. The molecule has 5 heteroatoms. The molecule has 9 aromatic carbocycles. The third kappa shape index (κ3) is 6.14. The maximum absolute atomic E-state index is 6.48. The molecule has 0 aliphatic rings. The van der Waals surface area contributed by atoms with Gasteiger partial charge in [-0.1, -0.05) is 140 Å². The van der Waals surface area contributed by atoms with E-state index >= 15 is 0 Å². The first-order valence-electron chi connectivity index (χ1n) is 20.7. The van der Waals surface area contributed by atoms with Crippen LogP contribution in [0.4, 0.5) is 0 Å². The minimum atomic E-state index is 0.553. The van der Waals surface area contributed by atoms with Crippen molar-refractivity contribution in [2.24, 2.45) is 0 Å². The van der Waals surface area contributed by atoms with Gasteiger partial charge in [-0.15, -0.1) is 0 Å². The van der Waals surface area contributed by atoms with Gasteiger partial charge in [0, 0.05) is 38.2 Å². The van der Waals surface area contributed by atoms with E-state index in [9.17, 15) is 0 Å². The summed E-state index contributed by atoms with van der Waals surface area (Å²) in [6.07, 6.45) is 1.84. The lowest BCUT2D eigenvalue weighted by Crippen LogP contribution is -2.01. The number of furan rings is 2. The van der Waals surface area contributed by atoms with Crippen LogP contribution in [-0.4, -0.2) is 15.0 Å². The quantitative estimate of drug-likeness (QED) is 0.161. The van der Waals surface area contributed by atoms with E-state index in [0.29, 0.717) is 17.5 Å². The summed E-state index contributed by atoms with van der Waals surface area (Å²) in [6.45, 7) is 4.04. The van der Waals surface area contributed by atoms with Gasteiger partial charge >= 0.3 is 0 Å². The maximum Gasteiger partial charge on any atom is 0.164 e. The fourth-order valence-electron chi connectivity index (χ4n) is 8.75. The van der Waals surface area contributed by atoms with Crippen molar-refractivity contribution in [3.05, 3.63) is 206 Å². The average molecular weight is 794 g/mol. The Kier molecular flexibility index (Phi) is 8.25. The van der Waals surface area contributed by atoms with E-state index in [2.05, 4.69) is 158 Å². The van der Waals surface area contributed by atoms with Gasteiger partial charge in [0.2, 0.25) is 0 Å². The van der Waals surface area contributed by atoms with Crippen LogP contribution < -0.4 is 0 Å². The summed E-state index contributed by atoms with van der Waals surface area (Å²) in [7, 11) is 0. The van der Waals surface area contributed by atoms with Crippen molar-refractivity contribution in [2.75, 3.05) is 0 Å². The predicted molar refractivity (Wildman–Crippen MR) is 255 cm³/mol. The lowest BCUT2D eigenvalue weighted by molar-refractivity contribution is 0.669. The highest BCUT2D eigenvalue weighted by molar-refractivity contribution is 6.13. The molecular formula is C57H35N3O2. The van der Waals surface area contributed by atoms with Crippen molar-refractivity contribution in [3.8, 4) is 67.5 Å². The normalized spacial score (nSPS) is 11.6. The first-order chi connectivity index (χ1) is 30.6. The second-order valence-corrected chi connectivity index (χ2v) is 15.7. The van der Waals surface area contributed by atoms with Gasteiger partial charge < -0.3 is 8.83 Å². The number of hydrogen-bond acceptors (Lipinski definition) is 5. The Morgan fingerprint density at radius 1 is 0.339 bits per heavy atom. The highest BCUT2D eigenvalue weighted by Gasteiger charge is 2.20. The third-order valence-corrected chi connectivity index (χ3v) is 11.8. The Morgan fingerprint density at radius 2 is 0.887 bits per heavy atom. The van der Waals surface area contributed by atoms with Crippen LogP contribution in [0.3, 0.4) is 0 Å². The highest BCUT2D eigenvalue weighted by atomic mass is 16.3. The maximum atomic E-state index is 6.48. The van der Waals surface area contributed by atoms with E-state index < -0.39 is 0 Å². The van der Waals surface area contributed by atoms with Crippen LogP contribution in [0, 0.1) is 0 Å². The van der Waals surface area contributed by atoms with E-state index in [1.54, 1.807) is 0 Å². The molecule has 12 rings (SSSR count). The standard InChI is InChI=1S/C57H35N3O2/c1-2-35-13-11-20-42(27-35)55-58-56(60-57(59-55)46-21-12-22-52-54(46)49-33-40(23-26-51(49)61-52)36-14-5-3-6-15-36)45-29-43(37-16-7-4-8-17-37)28-44(30-45)41-24-25-50-47(32-41)48-31-38-18-9-10-19-39(38)34-53(48)62-50/h2-34H,1H2. The molecule has 0 saturated heterocycles. The zero-order chi connectivity index (χ0) is 41.1. The Hall–Kier alpha value is -8.41. The molecule has 0 saturated carbocycles. The molecule has 0 N–H and O–H groups in total. The molecule has 0 bridgehead atoms. The third-order valence-electron chi connectivity index (χ3n) is 11.8. The molecule has 0 aliphatic heterocycles. The zero-order valence-electron chi connectivity index (χ0n) is 33.4. The number of aromatic nitrogens is 3. The second kappa shape index (κ2) is 14.4. The fourth-order valence-corrected chi connectivity index (χ4v) is 8.75. The Labute approximate surface area is 356 Å². The molecule has 5 nitrogen and oxygen atoms in total. The number of fused-ring (bicyclic) bond motifs is 7. The molecule has 3 aromatic heterocycles. The monoisotopic (exact) mass is 793 g/mol. The predicted octanol–water partition coefficient (Wildman–Crippen LogP) is 15.5. The molecule has 3 heterocycles. The molecule has 0 aliphatic carbocycles. The summed E-state index contributed by atoms with van der Waals surface area (Å²) in [5.41, 5.74) is 13.3. The van der Waals surface area contributed by atoms with Gasteiger partial charge in [-0.25, -0.2) is 15.0 Å². The second-order valence-electron chi connectivity index (χ2n) is 15.7. The van der Waals surface area contributed by atoms with Gasteiger partial charge in [-0.05, 0) is 116 Å². The summed E-state index contributed by atoms with van der Waals surface area (Å²) in [6, 6.07) is 67.3. The molecule has 0 fully saturated rings. The Balaban J connectivity index is 1.08. The number of benzene rings is 9. The minimum Gasteiger partial charge on any atom is -0.456 e. The molecule has 12 aromatic rings. The van der Waals surface area contributed by atoms with Crippen LogP contribution >= 0.6 is 0 Å². The van der Waals surface area contributed by atoms with E-state index in [-0.39, 0.29) is 0 Å². The summed E-state index contributed by atoms with van der Waals surface area (Å²) in [5, 5.41) is 6.44. The summed E-state index contributed by atoms with van der Waals surface area (Å²) in [5.74, 6) is 1.68. The van der Waals surface area contributed by atoms with Crippen molar-refractivity contribution in [1.82, 2.24) is 15.0 Å². The van der Waals surface area contributed by atoms with Crippen LogP contribution in [0.2, 0.25) is 0 Å². The lowest BCUT2D eigenvalue weighted by Gasteiger charge is -2.13. The smallest absolute Gasteiger partial charge is 0.164 e. The minimum absolute atomic E-state index is 0.553. The molecular weight excluding hydrogens is 759 g/mol. The molecule has 0 radical (unpaired) electrons. The van der Waals surface area contributed by atoms with Crippen LogP contribution in [0.1, 0.15) is 5.56 Å². The fraction of sp³-hybridized carbons (Fsp3) is 0. The molecule has 290 valence electrons. The number of rotatable bonds is 7. The average Bonchev–Trinajstić information content (AvgIpc) is 3.90. The van der Waals surface area contributed by atoms with Crippen LogP contribution in [0.15, 0.2) is 210 Å². The number of nitrogens with zero attached hydrogens (tertiary/aromatic N) is 3. The molecule has 0 unspecified atom stereocenters. The van der Waals surface area contributed by atoms with Gasteiger partial charge in [0.05, 0.1) is 0 Å². The summed E-state index contributed by atoms with van der Waals surface area (Å²) < 4.78 is 12.9. The summed E-state index contributed by atoms with van der Waals surface area (Å²) >= 11 is 0. The van der Waals surface area contributed by atoms with E-state index in [1.807, 2.05) is 48.5 Å². The number of hydrogen-bond donors (Lipinski definition) is 0. The van der Waals surface area contributed by atoms with Crippen LogP contribution in [-0.2, 0) is 0 Å². The Morgan fingerprint density at radius 3 is 1.65 bits per heavy atom. The Bertz CT molecular complexity index is 3720. The first kappa shape index (κ1) is 35.5. The van der Waals surface area contributed by atoms with Crippen LogP contribution in [0.5, 0.6) is 0 Å². The van der Waals surface area contributed by atoms with E-state index in [4.69, 9.17) is 23.8 Å².